The van der Waals surface area contributed by atoms with Crippen molar-refractivity contribution in [2.24, 2.45) is 5.73 Å². The van der Waals surface area contributed by atoms with Crippen LogP contribution in [0.4, 0.5) is 6.01 Å². The molecule has 3 N–H and O–H groups in total. The monoisotopic (exact) mass is 198 g/mol. The lowest BCUT2D eigenvalue weighted by Gasteiger charge is -2.23. The minimum absolute atomic E-state index is 0.0207. The highest BCUT2D eigenvalue weighted by Gasteiger charge is 2.18. The molecule has 5 heteroatoms. The van der Waals surface area contributed by atoms with E-state index in [0.717, 1.165) is 12.8 Å². The zero-order chi connectivity index (χ0) is 10.6. The van der Waals surface area contributed by atoms with Crippen molar-refractivity contribution in [1.82, 2.24) is 10.2 Å². The molecule has 0 unspecified atom stereocenters. The standard InChI is InChI=1S/C9H18N4O/c1-4-5-9(2,3)11-8-13-12-7(6-10)14-8/h4-6,10H2,1-3H3,(H,11,13). The van der Waals surface area contributed by atoms with Crippen LogP contribution >= 0.6 is 0 Å². The molecule has 0 fully saturated rings. The molecule has 0 saturated heterocycles. The number of aromatic nitrogens is 2. The first-order chi connectivity index (χ1) is 6.57. The van der Waals surface area contributed by atoms with Gasteiger partial charge in [-0.05, 0) is 20.3 Å². The van der Waals surface area contributed by atoms with E-state index < -0.39 is 0 Å². The van der Waals surface area contributed by atoms with Crippen molar-refractivity contribution in [3.05, 3.63) is 5.89 Å². The molecule has 0 radical (unpaired) electrons. The van der Waals surface area contributed by atoms with Gasteiger partial charge in [0.2, 0.25) is 5.89 Å². The lowest BCUT2D eigenvalue weighted by atomic mass is 9.99. The predicted molar refractivity (Wildman–Crippen MR) is 54.8 cm³/mol. The van der Waals surface area contributed by atoms with Crippen LogP contribution in [0.2, 0.25) is 0 Å². The number of hydrogen-bond acceptors (Lipinski definition) is 5. The maximum Gasteiger partial charge on any atom is 0.315 e. The van der Waals surface area contributed by atoms with Crippen molar-refractivity contribution in [2.45, 2.75) is 45.7 Å². The molecule has 1 aromatic heterocycles. The minimum Gasteiger partial charge on any atom is -0.407 e. The van der Waals surface area contributed by atoms with Crippen molar-refractivity contribution >= 4 is 6.01 Å². The summed E-state index contributed by atoms with van der Waals surface area (Å²) in [4.78, 5) is 0. The number of anilines is 1. The van der Waals surface area contributed by atoms with E-state index >= 15 is 0 Å². The Morgan fingerprint density at radius 3 is 2.64 bits per heavy atom. The Morgan fingerprint density at radius 1 is 1.43 bits per heavy atom. The summed E-state index contributed by atoms with van der Waals surface area (Å²) in [5, 5.41) is 10.8. The summed E-state index contributed by atoms with van der Waals surface area (Å²) >= 11 is 0. The van der Waals surface area contributed by atoms with Crippen molar-refractivity contribution in [2.75, 3.05) is 5.32 Å². The lowest BCUT2D eigenvalue weighted by Crippen LogP contribution is -2.30. The SMILES string of the molecule is CCCC(C)(C)Nc1nnc(CN)o1. The topological polar surface area (TPSA) is 77.0 Å². The van der Waals surface area contributed by atoms with E-state index in [9.17, 15) is 0 Å². The van der Waals surface area contributed by atoms with E-state index in [1.165, 1.54) is 0 Å². The van der Waals surface area contributed by atoms with Crippen molar-refractivity contribution in [3.8, 4) is 0 Å². The van der Waals surface area contributed by atoms with Crippen molar-refractivity contribution in [3.63, 3.8) is 0 Å². The number of hydrogen-bond donors (Lipinski definition) is 2. The van der Waals surface area contributed by atoms with Gasteiger partial charge in [-0.1, -0.05) is 18.4 Å². The summed E-state index contributed by atoms with van der Waals surface area (Å²) in [5.74, 6) is 0.458. The molecule has 80 valence electrons. The Morgan fingerprint density at radius 2 is 2.14 bits per heavy atom. The van der Waals surface area contributed by atoms with Crippen LogP contribution in [0.3, 0.4) is 0 Å². The molecule has 1 rings (SSSR count). The summed E-state index contributed by atoms with van der Waals surface area (Å²) in [7, 11) is 0. The second-order valence-electron chi connectivity index (χ2n) is 3.96. The summed E-state index contributed by atoms with van der Waals surface area (Å²) < 4.78 is 5.26. The molecule has 0 atom stereocenters. The zero-order valence-electron chi connectivity index (χ0n) is 9.00. The predicted octanol–water partition coefficient (Wildman–Crippen LogP) is 1.52. The number of nitrogens with one attached hydrogen (secondary N) is 1. The van der Waals surface area contributed by atoms with Gasteiger partial charge in [-0.15, -0.1) is 5.10 Å². The minimum atomic E-state index is -0.0207. The van der Waals surface area contributed by atoms with Crippen LogP contribution in [-0.4, -0.2) is 15.7 Å². The molecular formula is C9H18N4O. The van der Waals surface area contributed by atoms with Gasteiger partial charge in [0.05, 0.1) is 6.54 Å². The third kappa shape index (κ3) is 2.99. The van der Waals surface area contributed by atoms with E-state index in [0.29, 0.717) is 11.9 Å². The Balaban J connectivity index is 2.58. The van der Waals surface area contributed by atoms with Crippen LogP contribution in [0.15, 0.2) is 4.42 Å². The van der Waals surface area contributed by atoms with Gasteiger partial charge in [-0.3, -0.25) is 0 Å². The maximum absolute atomic E-state index is 5.36. The summed E-state index contributed by atoms with van der Waals surface area (Å²) in [6.45, 7) is 6.62. The zero-order valence-corrected chi connectivity index (χ0v) is 9.00. The fourth-order valence-corrected chi connectivity index (χ4v) is 1.36. The molecule has 0 aliphatic rings. The number of nitrogens with zero attached hydrogens (tertiary/aromatic N) is 2. The Labute approximate surface area is 84.1 Å². The molecule has 0 amide bonds. The van der Waals surface area contributed by atoms with Crippen LogP contribution in [-0.2, 0) is 6.54 Å². The van der Waals surface area contributed by atoms with Crippen molar-refractivity contribution in [1.29, 1.82) is 0 Å². The molecule has 0 bridgehead atoms. The Hall–Kier alpha value is -1.10. The van der Waals surface area contributed by atoms with Crippen LogP contribution in [0.5, 0.6) is 0 Å². The normalized spacial score (nSPS) is 11.7. The second kappa shape index (κ2) is 4.41. The summed E-state index contributed by atoms with van der Waals surface area (Å²) in [5.41, 5.74) is 5.34. The lowest BCUT2D eigenvalue weighted by molar-refractivity contribution is 0.458. The van der Waals surface area contributed by atoms with Crippen LogP contribution in [0.1, 0.15) is 39.5 Å². The third-order valence-corrected chi connectivity index (χ3v) is 1.96. The molecule has 0 aromatic carbocycles. The van der Waals surface area contributed by atoms with Crippen molar-refractivity contribution < 1.29 is 4.42 Å². The van der Waals surface area contributed by atoms with E-state index in [1.54, 1.807) is 0 Å². The number of nitrogens with two attached hydrogens (primary N) is 1. The highest BCUT2D eigenvalue weighted by Crippen LogP contribution is 2.18. The van der Waals surface area contributed by atoms with Gasteiger partial charge in [-0.25, -0.2) is 0 Å². The molecule has 0 saturated carbocycles. The average Bonchev–Trinajstić information content (AvgIpc) is 2.51. The van der Waals surface area contributed by atoms with Gasteiger partial charge in [0.25, 0.3) is 0 Å². The quantitative estimate of drug-likeness (QED) is 0.750. The molecule has 1 aromatic rings. The largest absolute Gasteiger partial charge is 0.407 e. The Kier molecular flexibility index (Phi) is 3.46. The first kappa shape index (κ1) is 11.0. The fourth-order valence-electron chi connectivity index (χ4n) is 1.36. The van der Waals surface area contributed by atoms with Gasteiger partial charge >= 0.3 is 6.01 Å². The van der Waals surface area contributed by atoms with Gasteiger partial charge in [0, 0.05) is 5.54 Å². The molecule has 0 aliphatic carbocycles. The van der Waals surface area contributed by atoms with Gasteiger partial charge in [0.1, 0.15) is 0 Å². The van der Waals surface area contributed by atoms with Crippen LogP contribution < -0.4 is 11.1 Å². The van der Waals surface area contributed by atoms with E-state index in [2.05, 4.69) is 36.3 Å². The second-order valence-corrected chi connectivity index (χ2v) is 3.96. The smallest absolute Gasteiger partial charge is 0.315 e. The van der Waals surface area contributed by atoms with Crippen LogP contribution in [0.25, 0.3) is 0 Å². The van der Waals surface area contributed by atoms with Gasteiger partial charge in [-0.2, -0.15) is 0 Å². The van der Waals surface area contributed by atoms with Gasteiger partial charge < -0.3 is 15.5 Å². The summed E-state index contributed by atoms with van der Waals surface area (Å²) in [6.07, 6.45) is 2.16. The molecule has 0 spiro atoms. The maximum atomic E-state index is 5.36. The first-order valence-electron chi connectivity index (χ1n) is 4.88. The van der Waals surface area contributed by atoms with E-state index in [4.69, 9.17) is 10.2 Å². The molecule has 0 aliphatic heterocycles. The molecule has 1 heterocycles. The van der Waals surface area contributed by atoms with E-state index in [1.807, 2.05) is 0 Å². The highest BCUT2D eigenvalue weighted by atomic mass is 16.4. The number of rotatable bonds is 5. The first-order valence-corrected chi connectivity index (χ1v) is 4.88. The average molecular weight is 198 g/mol. The molecular weight excluding hydrogens is 180 g/mol. The molecule has 5 nitrogen and oxygen atoms in total. The third-order valence-electron chi connectivity index (χ3n) is 1.96. The van der Waals surface area contributed by atoms with E-state index in [-0.39, 0.29) is 12.1 Å². The highest BCUT2D eigenvalue weighted by molar-refractivity contribution is 5.22. The van der Waals surface area contributed by atoms with Crippen LogP contribution in [0, 0.1) is 0 Å². The molecule has 14 heavy (non-hydrogen) atoms. The van der Waals surface area contributed by atoms with Gasteiger partial charge in [0.15, 0.2) is 0 Å². The summed E-state index contributed by atoms with van der Waals surface area (Å²) in [6, 6.07) is 0.448. The fraction of sp³-hybridized carbons (Fsp3) is 0.778. The Bertz CT molecular complexity index is 282.